The first-order valence-electron chi connectivity index (χ1n) is 2.88. The molecule has 0 aliphatic carbocycles. The summed E-state index contributed by atoms with van der Waals surface area (Å²) in [5, 5.41) is 3.12. The molecule has 2 nitrogen and oxygen atoms in total. The molecule has 0 unspecified atom stereocenters. The van der Waals surface area contributed by atoms with E-state index in [9.17, 15) is 0 Å². The van der Waals surface area contributed by atoms with Gasteiger partial charge < -0.3 is 11.1 Å². The van der Waals surface area contributed by atoms with Crippen LogP contribution in [0.1, 0.15) is 6.42 Å². The monoisotopic (exact) mass is 208 g/mol. The van der Waals surface area contributed by atoms with Crippen molar-refractivity contribution in [1.82, 2.24) is 5.32 Å². The van der Waals surface area contributed by atoms with Crippen molar-refractivity contribution >= 4 is 36.4 Å². The molecule has 10 heavy (non-hydrogen) atoms. The highest BCUT2D eigenvalue weighted by Gasteiger charge is 1.81. The van der Waals surface area contributed by atoms with Crippen molar-refractivity contribution in [3.05, 3.63) is 0 Å². The van der Waals surface area contributed by atoms with E-state index in [4.69, 9.17) is 17.3 Å². The van der Waals surface area contributed by atoms with Crippen LogP contribution in [-0.2, 0) is 0 Å². The van der Waals surface area contributed by atoms with Crippen molar-refractivity contribution in [2.45, 2.75) is 6.42 Å². The van der Waals surface area contributed by atoms with Crippen molar-refractivity contribution in [2.75, 3.05) is 25.5 Å². The van der Waals surface area contributed by atoms with Crippen LogP contribution in [0.2, 0.25) is 0 Å². The first-order chi connectivity index (χ1) is 3.91. The summed E-state index contributed by atoms with van der Waals surface area (Å²) in [7, 11) is 0. The zero-order valence-corrected chi connectivity index (χ0v) is 8.20. The van der Waals surface area contributed by atoms with Gasteiger partial charge in [-0.3, -0.25) is 0 Å². The van der Waals surface area contributed by atoms with Crippen molar-refractivity contribution < 1.29 is 0 Å². The number of halogens is 3. The van der Waals surface area contributed by atoms with E-state index in [-0.39, 0.29) is 24.8 Å². The van der Waals surface area contributed by atoms with Gasteiger partial charge in [0.2, 0.25) is 0 Å². The number of nitrogens with one attached hydrogen (secondary N) is 1. The van der Waals surface area contributed by atoms with E-state index in [1.807, 2.05) is 0 Å². The highest BCUT2D eigenvalue weighted by molar-refractivity contribution is 6.18. The molecular weight excluding hydrogens is 194 g/mol. The zero-order chi connectivity index (χ0) is 6.24. The number of hydrogen-bond acceptors (Lipinski definition) is 2. The highest BCUT2D eigenvalue weighted by atomic mass is 35.5. The highest BCUT2D eigenvalue weighted by Crippen LogP contribution is 1.71. The van der Waals surface area contributed by atoms with Gasteiger partial charge in [0.15, 0.2) is 0 Å². The SMILES string of the molecule is Cl.Cl.NCCCNCCCl. The molecule has 0 atom stereocenters. The molecule has 0 aliphatic heterocycles. The number of alkyl halides is 1. The van der Waals surface area contributed by atoms with Gasteiger partial charge in [-0.2, -0.15) is 0 Å². The van der Waals surface area contributed by atoms with Crippen molar-refractivity contribution in [1.29, 1.82) is 0 Å². The second-order valence-corrected chi connectivity index (χ2v) is 1.96. The second kappa shape index (κ2) is 16.4. The molecule has 5 heteroatoms. The predicted octanol–water partition coefficient (Wildman–Crippen LogP) is 1.01. The molecule has 0 fully saturated rings. The van der Waals surface area contributed by atoms with Gasteiger partial charge in [-0.25, -0.2) is 0 Å². The van der Waals surface area contributed by atoms with Gasteiger partial charge in [-0.1, -0.05) is 0 Å². The maximum atomic E-state index is 5.39. The summed E-state index contributed by atoms with van der Waals surface area (Å²) < 4.78 is 0. The third kappa shape index (κ3) is 15.9. The minimum Gasteiger partial charge on any atom is -0.330 e. The van der Waals surface area contributed by atoms with Gasteiger partial charge in [0.25, 0.3) is 0 Å². The van der Waals surface area contributed by atoms with E-state index in [1.54, 1.807) is 0 Å². The molecule has 0 aromatic carbocycles. The molecule has 0 rings (SSSR count). The first-order valence-corrected chi connectivity index (χ1v) is 3.42. The maximum Gasteiger partial charge on any atom is 0.0348 e. The van der Waals surface area contributed by atoms with E-state index in [0.29, 0.717) is 5.88 Å². The predicted molar refractivity (Wildman–Crippen MR) is 51.8 cm³/mol. The van der Waals surface area contributed by atoms with Gasteiger partial charge >= 0.3 is 0 Å². The molecule has 66 valence electrons. The third-order valence-electron chi connectivity index (χ3n) is 0.829. The maximum absolute atomic E-state index is 5.39. The van der Waals surface area contributed by atoms with Crippen LogP contribution < -0.4 is 11.1 Å². The first kappa shape index (κ1) is 17.0. The standard InChI is InChI=1S/C5H13ClN2.2ClH/c6-2-5-8-4-1-3-7;;/h8H,1-5,7H2;2*1H. The van der Waals surface area contributed by atoms with E-state index in [2.05, 4.69) is 5.32 Å². The summed E-state index contributed by atoms with van der Waals surface area (Å²) in [6, 6.07) is 0. The average molecular weight is 210 g/mol. The summed E-state index contributed by atoms with van der Waals surface area (Å²) in [6.45, 7) is 2.64. The van der Waals surface area contributed by atoms with Crippen LogP contribution in [-0.4, -0.2) is 25.5 Å². The van der Waals surface area contributed by atoms with Crippen LogP contribution in [0.4, 0.5) is 0 Å². The summed E-state index contributed by atoms with van der Waals surface area (Å²) in [6.07, 6.45) is 1.04. The van der Waals surface area contributed by atoms with Gasteiger partial charge in [0, 0.05) is 12.4 Å². The fourth-order valence-corrected chi connectivity index (χ4v) is 0.553. The lowest BCUT2D eigenvalue weighted by Crippen LogP contribution is -2.19. The third-order valence-corrected chi connectivity index (χ3v) is 1.02. The fraction of sp³-hybridized carbons (Fsp3) is 1.00. The van der Waals surface area contributed by atoms with E-state index in [1.165, 1.54) is 0 Å². The Balaban J connectivity index is -0.000000245. The average Bonchev–Trinajstić information content (AvgIpc) is 1.81. The van der Waals surface area contributed by atoms with Gasteiger partial charge in [0.05, 0.1) is 0 Å². The molecule has 0 bridgehead atoms. The topological polar surface area (TPSA) is 38.0 Å². The van der Waals surface area contributed by atoms with Crippen LogP contribution in [0.15, 0.2) is 0 Å². The molecule has 3 N–H and O–H groups in total. The van der Waals surface area contributed by atoms with Gasteiger partial charge in [-0.15, -0.1) is 36.4 Å². The molecule has 0 amide bonds. The quantitative estimate of drug-likeness (QED) is 0.524. The fourth-order valence-electron chi connectivity index (χ4n) is 0.419. The van der Waals surface area contributed by atoms with Crippen molar-refractivity contribution in [2.24, 2.45) is 5.73 Å². The van der Waals surface area contributed by atoms with Crippen LogP contribution >= 0.6 is 36.4 Å². The van der Waals surface area contributed by atoms with Crippen molar-refractivity contribution in [3.63, 3.8) is 0 Å². The lowest BCUT2D eigenvalue weighted by atomic mass is 10.4. The van der Waals surface area contributed by atoms with Crippen LogP contribution in [0.5, 0.6) is 0 Å². The molecule has 0 radical (unpaired) electrons. The normalized spacial score (nSPS) is 7.80. The van der Waals surface area contributed by atoms with E-state index >= 15 is 0 Å². The number of rotatable bonds is 5. The Bertz CT molecular complexity index is 39.9. The Morgan fingerprint density at radius 2 is 1.80 bits per heavy atom. The Hall–Kier alpha value is 0.790. The molecule has 0 aromatic heterocycles. The lowest BCUT2D eigenvalue weighted by Gasteiger charge is -1.97. The molecule has 0 aliphatic rings. The molecular formula is C5H15Cl3N2. The largest absolute Gasteiger partial charge is 0.330 e. The van der Waals surface area contributed by atoms with Crippen LogP contribution in [0, 0.1) is 0 Å². The molecule has 0 saturated carbocycles. The van der Waals surface area contributed by atoms with Gasteiger partial charge in [-0.05, 0) is 19.5 Å². The smallest absolute Gasteiger partial charge is 0.0348 e. The molecule has 0 heterocycles. The molecule has 0 spiro atoms. The summed E-state index contributed by atoms with van der Waals surface area (Å²) in [4.78, 5) is 0. The zero-order valence-electron chi connectivity index (χ0n) is 5.81. The summed E-state index contributed by atoms with van der Waals surface area (Å²) in [5.74, 6) is 0.685. The second-order valence-electron chi connectivity index (χ2n) is 1.58. The Kier molecular flexibility index (Phi) is 28.0. The minimum atomic E-state index is 0. The Morgan fingerprint density at radius 3 is 2.20 bits per heavy atom. The molecule has 0 aromatic rings. The van der Waals surface area contributed by atoms with Crippen LogP contribution in [0.25, 0.3) is 0 Å². The number of nitrogens with two attached hydrogens (primary N) is 1. The summed E-state index contributed by atoms with van der Waals surface area (Å²) in [5.41, 5.74) is 5.24. The minimum absolute atomic E-state index is 0. The van der Waals surface area contributed by atoms with E-state index in [0.717, 1.165) is 26.1 Å². The van der Waals surface area contributed by atoms with E-state index < -0.39 is 0 Å². The lowest BCUT2D eigenvalue weighted by molar-refractivity contribution is 0.681. The van der Waals surface area contributed by atoms with Crippen molar-refractivity contribution in [3.8, 4) is 0 Å². The summed E-state index contributed by atoms with van der Waals surface area (Å²) >= 11 is 5.39. The van der Waals surface area contributed by atoms with Gasteiger partial charge in [0.1, 0.15) is 0 Å². The Morgan fingerprint density at radius 1 is 1.20 bits per heavy atom. The number of hydrogen-bond donors (Lipinski definition) is 2. The van der Waals surface area contributed by atoms with Crippen LogP contribution in [0.3, 0.4) is 0 Å². The Labute approximate surface area is 79.7 Å². The molecule has 0 saturated heterocycles.